The Hall–Kier alpha value is -2.49. The topological polar surface area (TPSA) is 120 Å². The van der Waals surface area contributed by atoms with E-state index in [0.717, 1.165) is 23.9 Å². The Balaban J connectivity index is 1.96. The lowest BCUT2D eigenvalue weighted by Crippen LogP contribution is -2.28. The lowest BCUT2D eigenvalue weighted by atomic mass is 10.2. The number of amides is 2. The van der Waals surface area contributed by atoms with Gasteiger partial charge >= 0.3 is 0 Å². The second-order valence-corrected chi connectivity index (χ2v) is 5.47. The number of hydrogen-bond acceptors (Lipinski definition) is 4. The van der Waals surface area contributed by atoms with Crippen LogP contribution in [0.4, 0.5) is 14.5 Å². The first-order valence-electron chi connectivity index (χ1n) is 6.00. The highest BCUT2D eigenvalue weighted by Gasteiger charge is 2.32. The van der Waals surface area contributed by atoms with Crippen molar-refractivity contribution in [1.29, 1.82) is 5.41 Å². The van der Waals surface area contributed by atoms with Crippen LogP contribution in [-0.2, 0) is 9.59 Å². The number of nitrogens with zero attached hydrogens (tertiary/aromatic N) is 1. The summed E-state index contributed by atoms with van der Waals surface area (Å²) in [4.78, 5) is 27.0. The molecule has 2 rings (SSSR count). The molecule has 10 heteroatoms. The summed E-state index contributed by atoms with van der Waals surface area (Å²) in [7, 11) is 0. The van der Waals surface area contributed by atoms with Crippen LogP contribution < -0.4 is 16.4 Å². The Kier molecular flexibility index (Phi) is 4.71. The Labute approximate surface area is 127 Å². The van der Waals surface area contributed by atoms with Crippen LogP contribution >= 0.6 is 11.8 Å². The fourth-order valence-corrected chi connectivity index (χ4v) is 2.64. The number of halogens is 2. The molecule has 1 aliphatic rings. The predicted octanol–water partition coefficient (Wildman–Crippen LogP) is 0.774. The fraction of sp³-hybridized carbons (Fsp3) is 0.167. The van der Waals surface area contributed by atoms with Gasteiger partial charge in [0.05, 0.1) is 0 Å². The number of hydrogen-bond donors (Lipinski definition) is 4. The van der Waals surface area contributed by atoms with E-state index in [1.165, 1.54) is 6.07 Å². The highest BCUT2D eigenvalue weighted by molar-refractivity contribution is 8.15. The molecule has 0 radical (unpaired) electrons. The van der Waals surface area contributed by atoms with E-state index in [4.69, 9.17) is 11.1 Å². The van der Waals surface area contributed by atoms with Crippen molar-refractivity contribution >= 4 is 40.4 Å². The van der Waals surface area contributed by atoms with Crippen molar-refractivity contribution in [2.45, 2.75) is 11.7 Å². The Morgan fingerprint density at radius 1 is 1.45 bits per heavy atom. The summed E-state index contributed by atoms with van der Waals surface area (Å²) in [5.74, 6) is -3.54. The van der Waals surface area contributed by atoms with Crippen molar-refractivity contribution in [3.8, 4) is 0 Å². The maximum atomic E-state index is 13.0. The number of aliphatic imine (C=N–C) groups is 1. The molecule has 5 N–H and O–H groups in total. The molecule has 0 bridgehead atoms. The van der Waals surface area contributed by atoms with E-state index in [2.05, 4.69) is 15.6 Å². The van der Waals surface area contributed by atoms with Gasteiger partial charge in [-0.25, -0.2) is 8.78 Å². The lowest BCUT2D eigenvalue weighted by molar-refractivity contribution is -0.122. The standard InChI is InChI=1S/C12H11F2N5O2S/c13-6-2-1-5(3-7(6)14)17-9(20)4-8-10(21)18-12(22-8)19-11(15)16/h1-3,8H,4H2,(H,17,20)(H4,15,16,18,19,21). The molecule has 22 heavy (non-hydrogen) atoms. The van der Waals surface area contributed by atoms with Crippen LogP contribution in [0.25, 0.3) is 0 Å². The van der Waals surface area contributed by atoms with Crippen molar-refractivity contribution in [1.82, 2.24) is 5.32 Å². The van der Waals surface area contributed by atoms with Gasteiger partial charge in [0.2, 0.25) is 17.8 Å². The van der Waals surface area contributed by atoms with Gasteiger partial charge in [-0.1, -0.05) is 11.8 Å². The molecule has 116 valence electrons. The zero-order chi connectivity index (χ0) is 16.3. The third-order valence-corrected chi connectivity index (χ3v) is 3.65. The van der Waals surface area contributed by atoms with Gasteiger partial charge < -0.3 is 16.4 Å². The molecule has 0 aliphatic carbocycles. The van der Waals surface area contributed by atoms with E-state index < -0.39 is 34.7 Å². The molecule has 0 spiro atoms. The van der Waals surface area contributed by atoms with Gasteiger partial charge in [-0.05, 0) is 12.1 Å². The molecule has 1 atom stereocenters. The molecular formula is C12H11F2N5O2S. The summed E-state index contributed by atoms with van der Waals surface area (Å²) in [5, 5.41) is 11.2. The van der Waals surface area contributed by atoms with E-state index in [-0.39, 0.29) is 17.3 Å². The number of thioether (sulfide) groups is 1. The number of carbonyl (C=O) groups is 2. The van der Waals surface area contributed by atoms with Crippen LogP contribution in [0.5, 0.6) is 0 Å². The Morgan fingerprint density at radius 2 is 2.18 bits per heavy atom. The number of amidine groups is 1. The molecule has 1 heterocycles. The zero-order valence-corrected chi connectivity index (χ0v) is 11.8. The molecule has 2 amide bonds. The highest BCUT2D eigenvalue weighted by Crippen LogP contribution is 2.23. The van der Waals surface area contributed by atoms with E-state index >= 15 is 0 Å². The summed E-state index contributed by atoms with van der Waals surface area (Å²) in [6.07, 6.45) is -0.188. The summed E-state index contributed by atoms with van der Waals surface area (Å²) in [6, 6.07) is 2.94. The van der Waals surface area contributed by atoms with Crippen molar-refractivity contribution < 1.29 is 18.4 Å². The molecule has 1 aromatic rings. The third kappa shape index (κ3) is 4.01. The number of carbonyl (C=O) groups excluding carboxylic acids is 2. The van der Waals surface area contributed by atoms with Gasteiger partial charge in [-0.2, -0.15) is 4.99 Å². The average molecular weight is 327 g/mol. The molecule has 1 unspecified atom stereocenters. The second kappa shape index (κ2) is 6.52. The first kappa shape index (κ1) is 15.9. The molecule has 7 nitrogen and oxygen atoms in total. The van der Waals surface area contributed by atoms with Gasteiger partial charge in [0.25, 0.3) is 0 Å². The summed E-state index contributed by atoms with van der Waals surface area (Å²) >= 11 is 0.965. The second-order valence-electron chi connectivity index (χ2n) is 4.28. The monoisotopic (exact) mass is 327 g/mol. The SMILES string of the molecule is N=C(N)N=C1NC(=O)C(CC(=O)Nc2ccc(F)c(F)c2)S1. The van der Waals surface area contributed by atoms with E-state index in [1.54, 1.807) is 0 Å². The van der Waals surface area contributed by atoms with Crippen LogP contribution in [0.15, 0.2) is 23.2 Å². The first-order chi connectivity index (χ1) is 10.3. The van der Waals surface area contributed by atoms with Crippen LogP contribution in [0.1, 0.15) is 6.42 Å². The minimum Gasteiger partial charge on any atom is -0.368 e. The maximum absolute atomic E-state index is 13.0. The van der Waals surface area contributed by atoms with Gasteiger partial charge in [0, 0.05) is 18.2 Å². The zero-order valence-electron chi connectivity index (χ0n) is 11.0. The minimum atomic E-state index is -1.08. The quantitative estimate of drug-likeness (QED) is 0.484. The fourth-order valence-electron chi connectivity index (χ4n) is 1.66. The molecule has 1 aromatic carbocycles. The molecule has 1 aliphatic heterocycles. The molecule has 1 saturated heterocycles. The number of rotatable bonds is 3. The summed E-state index contributed by atoms with van der Waals surface area (Å²) < 4.78 is 25.8. The molecule has 0 aromatic heterocycles. The Morgan fingerprint density at radius 3 is 2.82 bits per heavy atom. The highest BCUT2D eigenvalue weighted by atomic mass is 32.2. The van der Waals surface area contributed by atoms with Crippen LogP contribution in [-0.4, -0.2) is 28.2 Å². The van der Waals surface area contributed by atoms with E-state index in [1.807, 2.05) is 0 Å². The third-order valence-electron chi connectivity index (χ3n) is 2.57. The van der Waals surface area contributed by atoms with Gasteiger partial charge in [-0.3, -0.25) is 15.0 Å². The normalized spacial score (nSPS) is 19.1. The largest absolute Gasteiger partial charge is 0.368 e. The van der Waals surface area contributed by atoms with Crippen molar-refractivity contribution in [2.24, 2.45) is 10.7 Å². The average Bonchev–Trinajstić information content (AvgIpc) is 2.73. The molecule has 1 fully saturated rings. The van der Waals surface area contributed by atoms with E-state index in [0.29, 0.717) is 0 Å². The van der Waals surface area contributed by atoms with Crippen molar-refractivity contribution in [3.63, 3.8) is 0 Å². The van der Waals surface area contributed by atoms with Gasteiger partial charge in [0.15, 0.2) is 16.8 Å². The number of benzene rings is 1. The van der Waals surface area contributed by atoms with E-state index in [9.17, 15) is 18.4 Å². The van der Waals surface area contributed by atoms with Gasteiger partial charge in [0.1, 0.15) is 5.25 Å². The number of nitrogens with one attached hydrogen (secondary N) is 3. The molecule has 0 saturated carbocycles. The van der Waals surface area contributed by atoms with Crippen LogP contribution in [0.3, 0.4) is 0 Å². The number of guanidine groups is 1. The van der Waals surface area contributed by atoms with Gasteiger partial charge in [-0.15, -0.1) is 0 Å². The number of anilines is 1. The lowest BCUT2D eigenvalue weighted by Gasteiger charge is -2.07. The Bertz CT molecular complexity index is 679. The van der Waals surface area contributed by atoms with Crippen LogP contribution in [0.2, 0.25) is 0 Å². The maximum Gasteiger partial charge on any atom is 0.240 e. The minimum absolute atomic E-state index is 0.0879. The summed E-state index contributed by atoms with van der Waals surface area (Å²) in [6.45, 7) is 0. The predicted molar refractivity (Wildman–Crippen MR) is 78.5 cm³/mol. The summed E-state index contributed by atoms with van der Waals surface area (Å²) in [5.41, 5.74) is 5.17. The van der Waals surface area contributed by atoms with Crippen molar-refractivity contribution in [2.75, 3.05) is 5.32 Å². The van der Waals surface area contributed by atoms with Crippen molar-refractivity contribution in [3.05, 3.63) is 29.8 Å². The number of nitrogens with two attached hydrogens (primary N) is 1. The first-order valence-corrected chi connectivity index (χ1v) is 6.88. The smallest absolute Gasteiger partial charge is 0.240 e. The van der Waals surface area contributed by atoms with Crippen LogP contribution in [0, 0.1) is 17.0 Å². The molecular weight excluding hydrogens is 316 g/mol.